The van der Waals surface area contributed by atoms with Crippen molar-refractivity contribution in [2.24, 2.45) is 0 Å². The normalized spacial score (nSPS) is 21.2. The monoisotopic (exact) mass is 479 g/mol. The van der Waals surface area contributed by atoms with E-state index in [1.54, 1.807) is 24.5 Å². The van der Waals surface area contributed by atoms with Crippen molar-refractivity contribution in [3.05, 3.63) is 65.0 Å². The van der Waals surface area contributed by atoms with Gasteiger partial charge in [0.25, 0.3) is 0 Å². The van der Waals surface area contributed by atoms with Crippen LogP contribution in [0.1, 0.15) is 43.4 Å². The molecule has 180 valence electrons. The second-order valence-corrected chi connectivity index (χ2v) is 10.1. The van der Waals surface area contributed by atoms with Gasteiger partial charge in [0.05, 0.1) is 30.5 Å². The predicted octanol–water partition coefficient (Wildman–Crippen LogP) is 6.62. The molecule has 5 nitrogen and oxygen atoms in total. The fraction of sp³-hybridized carbons (Fsp3) is 0.429. The minimum Gasteiger partial charge on any atom is -0.512 e. The van der Waals surface area contributed by atoms with E-state index in [0.29, 0.717) is 12.2 Å². The van der Waals surface area contributed by atoms with E-state index in [1.165, 1.54) is 37.9 Å². The molecule has 3 aliphatic rings. The smallest absolute Gasteiger partial charge is 0.153 e. The molecule has 0 radical (unpaired) electrons. The Morgan fingerprint density at radius 3 is 2.74 bits per heavy atom. The summed E-state index contributed by atoms with van der Waals surface area (Å²) in [5.41, 5.74) is 1.19. The van der Waals surface area contributed by atoms with Gasteiger partial charge in [-0.3, -0.25) is 0 Å². The Bertz CT molecular complexity index is 1140. The molecule has 1 fully saturated rings. The average Bonchev–Trinajstić information content (AvgIpc) is 3.23. The van der Waals surface area contributed by atoms with Gasteiger partial charge in [0.15, 0.2) is 5.75 Å². The van der Waals surface area contributed by atoms with E-state index in [9.17, 15) is 5.11 Å². The number of thiophene rings is 1. The third-order valence-corrected chi connectivity index (χ3v) is 7.91. The van der Waals surface area contributed by atoms with E-state index in [-0.39, 0.29) is 6.10 Å². The highest BCUT2D eigenvalue weighted by molar-refractivity contribution is 7.20. The molecular weight excluding hydrogens is 446 g/mol. The van der Waals surface area contributed by atoms with Crippen molar-refractivity contribution in [3.63, 3.8) is 0 Å². The van der Waals surface area contributed by atoms with Crippen LogP contribution in [0.25, 0.3) is 15.7 Å². The predicted molar refractivity (Wildman–Crippen MR) is 139 cm³/mol. The molecule has 1 saturated heterocycles. The molecule has 1 aliphatic heterocycles. The Morgan fingerprint density at radius 2 is 2.00 bits per heavy atom. The summed E-state index contributed by atoms with van der Waals surface area (Å²) in [6, 6.07) is 6.11. The third-order valence-electron chi connectivity index (χ3n) is 6.71. The van der Waals surface area contributed by atoms with Crippen LogP contribution in [-0.2, 0) is 4.74 Å². The fourth-order valence-corrected chi connectivity index (χ4v) is 5.93. The van der Waals surface area contributed by atoms with Gasteiger partial charge in [0.1, 0.15) is 11.5 Å². The van der Waals surface area contributed by atoms with Crippen LogP contribution < -0.4 is 9.47 Å². The second-order valence-electron chi connectivity index (χ2n) is 9.09. The average molecular weight is 480 g/mol. The summed E-state index contributed by atoms with van der Waals surface area (Å²) < 4.78 is 19.2. The first-order valence-corrected chi connectivity index (χ1v) is 13.1. The van der Waals surface area contributed by atoms with Crippen molar-refractivity contribution in [3.8, 4) is 11.5 Å². The molecular formula is C28H33NO4S. The van der Waals surface area contributed by atoms with Gasteiger partial charge >= 0.3 is 0 Å². The summed E-state index contributed by atoms with van der Waals surface area (Å²) >= 11 is 1.71. The summed E-state index contributed by atoms with van der Waals surface area (Å²) in [7, 11) is 1.69. The van der Waals surface area contributed by atoms with Crippen LogP contribution in [0.5, 0.6) is 11.5 Å². The van der Waals surface area contributed by atoms with Crippen LogP contribution in [0.3, 0.4) is 0 Å². The molecule has 2 aliphatic carbocycles. The lowest BCUT2D eigenvalue weighted by Gasteiger charge is -2.27. The van der Waals surface area contributed by atoms with Crippen LogP contribution in [0.4, 0.5) is 0 Å². The van der Waals surface area contributed by atoms with E-state index in [4.69, 9.17) is 14.2 Å². The maximum atomic E-state index is 9.81. The summed E-state index contributed by atoms with van der Waals surface area (Å²) in [5.74, 6) is 2.99. The van der Waals surface area contributed by atoms with Crippen molar-refractivity contribution in [2.45, 2.75) is 44.6 Å². The number of aliphatic hydroxyl groups excluding tert-OH is 1. The van der Waals surface area contributed by atoms with Crippen LogP contribution in [0.15, 0.2) is 60.1 Å². The number of ether oxygens (including phenoxy) is 3. The summed E-state index contributed by atoms with van der Waals surface area (Å²) in [6.45, 7) is 4.20. The Hall–Kier alpha value is -2.54. The maximum Gasteiger partial charge on any atom is 0.153 e. The van der Waals surface area contributed by atoms with E-state index in [0.717, 1.165) is 58.2 Å². The molecule has 1 atom stereocenters. The zero-order valence-electron chi connectivity index (χ0n) is 19.8. The first-order valence-electron chi connectivity index (χ1n) is 12.3. The van der Waals surface area contributed by atoms with Crippen molar-refractivity contribution in [2.75, 3.05) is 33.4 Å². The zero-order chi connectivity index (χ0) is 23.3. The number of hydrogen-bond donors (Lipinski definition) is 1. The number of allylic oxidation sites excluding steroid dienone is 5. The molecule has 1 aromatic carbocycles. The van der Waals surface area contributed by atoms with Gasteiger partial charge in [0.2, 0.25) is 0 Å². The van der Waals surface area contributed by atoms with Crippen LogP contribution in [-0.4, -0.2) is 49.5 Å². The highest BCUT2D eigenvalue weighted by atomic mass is 32.1. The third kappa shape index (κ3) is 5.40. The Balaban J connectivity index is 1.28. The number of nitrogens with zero attached hydrogens (tertiary/aromatic N) is 1. The first-order chi connectivity index (χ1) is 16.7. The fourth-order valence-electron chi connectivity index (χ4n) is 4.72. The number of hydrogen-bond acceptors (Lipinski definition) is 6. The highest BCUT2D eigenvalue weighted by Gasteiger charge is 2.21. The molecule has 0 saturated carbocycles. The number of rotatable bonds is 8. The number of benzene rings is 1. The first kappa shape index (κ1) is 23.2. The van der Waals surface area contributed by atoms with Crippen LogP contribution in [0, 0.1) is 0 Å². The van der Waals surface area contributed by atoms with Gasteiger partial charge in [-0.1, -0.05) is 18.6 Å². The zero-order valence-corrected chi connectivity index (χ0v) is 20.6. The minimum absolute atomic E-state index is 0.106. The van der Waals surface area contributed by atoms with Gasteiger partial charge in [-0.05, 0) is 80.8 Å². The number of fused-ring (bicyclic) bond motifs is 1. The molecule has 1 aromatic heterocycles. The number of methoxy groups -OCH3 is 1. The van der Waals surface area contributed by atoms with Crippen LogP contribution in [0.2, 0.25) is 0 Å². The molecule has 0 spiro atoms. The lowest BCUT2D eigenvalue weighted by atomic mass is 10.0. The largest absolute Gasteiger partial charge is 0.512 e. The minimum atomic E-state index is 0.106. The Labute approximate surface area is 205 Å². The molecule has 1 N–H and O–H groups in total. The highest BCUT2D eigenvalue weighted by Crippen LogP contribution is 2.46. The van der Waals surface area contributed by atoms with Gasteiger partial charge in [-0.15, -0.1) is 11.3 Å². The molecule has 5 rings (SSSR count). The molecule has 6 heteroatoms. The van der Waals surface area contributed by atoms with E-state index < -0.39 is 0 Å². The molecule has 2 aromatic rings. The molecule has 1 unspecified atom stereocenters. The van der Waals surface area contributed by atoms with Crippen LogP contribution >= 0.6 is 11.3 Å². The standard InChI is InChI=1S/C28H33NO4S/c1-31-24-13-14-25-26(19-24)34-28(20-5-7-21(30)8-6-20)27(25)33-23-11-9-22(10-12-23)32-18-17-29-15-3-2-4-16-29/h5,7,9,11-14,19,22,30H,2-4,6,8,10,15-18H2,1H3. The number of piperidine rings is 1. The summed E-state index contributed by atoms with van der Waals surface area (Å²) in [5, 5.41) is 10.9. The number of likely N-dealkylation sites (tertiary alicyclic amines) is 1. The summed E-state index contributed by atoms with van der Waals surface area (Å²) in [4.78, 5) is 3.62. The van der Waals surface area contributed by atoms with Crippen molar-refractivity contribution < 1.29 is 19.3 Å². The molecule has 34 heavy (non-hydrogen) atoms. The Kier molecular flexibility index (Phi) is 7.38. The van der Waals surface area contributed by atoms with Crippen molar-refractivity contribution in [1.29, 1.82) is 0 Å². The van der Waals surface area contributed by atoms with Gasteiger partial charge in [-0.2, -0.15) is 0 Å². The van der Waals surface area contributed by atoms with Crippen molar-refractivity contribution >= 4 is 27.0 Å². The Morgan fingerprint density at radius 1 is 1.12 bits per heavy atom. The van der Waals surface area contributed by atoms with Gasteiger partial charge in [0, 0.05) is 23.1 Å². The van der Waals surface area contributed by atoms with Crippen molar-refractivity contribution in [1.82, 2.24) is 4.90 Å². The lowest BCUT2D eigenvalue weighted by molar-refractivity contribution is 0.0604. The van der Waals surface area contributed by atoms with Gasteiger partial charge in [-0.25, -0.2) is 0 Å². The summed E-state index contributed by atoms with van der Waals surface area (Å²) in [6.07, 6.45) is 16.4. The topological polar surface area (TPSA) is 51.2 Å². The molecule has 2 heterocycles. The molecule has 0 bridgehead atoms. The lowest BCUT2D eigenvalue weighted by Crippen LogP contribution is -2.33. The molecule has 0 amide bonds. The SMILES string of the molecule is COc1ccc2c(OC3=CCC(OCCN4CCCCC4)C=C3)c(C3=CC=C(O)CC3)sc2c1. The second kappa shape index (κ2) is 10.8. The quantitative estimate of drug-likeness (QED) is 0.461. The number of aliphatic hydroxyl groups is 1. The maximum absolute atomic E-state index is 9.81. The van der Waals surface area contributed by atoms with E-state index in [1.807, 2.05) is 18.2 Å². The van der Waals surface area contributed by atoms with E-state index >= 15 is 0 Å². The van der Waals surface area contributed by atoms with E-state index in [2.05, 4.69) is 29.2 Å². The van der Waals surface area contributed by atoms with Gasteiger partial charge < -0.3 is 24.2 Å².